The molecule has 0 radical (unpaired) electrons. The third-order valence-corrected chi connectivity index (χ3v) is 7.36. The number of aromatic carboxylic acids is 1. The van der Waals surface area contributed by atoms with Crippen molar-refractivity contribution >= 4 is 28.9 Å². The summed E-state index contributed by atoms with van der Waals surface area (Å²) in [6.07, 6.45) is 1.41. The van der Waals surface area contributed by atoms with Gasteiger partial charge in [-0.25, -0.2) is 14.8 Å². The number of rotatable bonds is 10. The normalized spacial score (nSPS) is 13.0. The second-order valence-electron chi connectivity index (χ2n) is 8.82. The van der Waals surface area contributed by atoms with Gasteiger partial charge in [0, 0.05) is 24.3 Å². The number of carboxylic acids is 1. The van der Waals surface area contributed by atoms with Crippen LogP contribution in [0, 0.1) is 11.3 Å². The van der Waals surface area contributed by atoms with Gasteiger partial charge in [0.1, 0.15) is 29.3 Å². The zero-order valence-corrected chi connectivity index (χ0v) is 22.8. The number of carboxylic acid groups (broad SMARTS) is 1. The lowest BCUT2D eigenvalue weighted by Crippen LogP contribution is -2.36. The number of nitriles is 1. The molecule has 1 aliphatic rings. The number of hydrogen-bond acceptors (Lipinski definition) is 11. The molecule has 210 valence electrons. The van der Waals surface area contributed by atoms with E-state index in [1.165, 1.54) is 12.3 Å². The Morgan fingerprint density at radius 3 is 2.61 bits per heavy atom. The SMILES string of the molecule is CCOc1cnc(-c2cc(-c3ccc(N4CCOCC4)cc3)nc(OCc3sc(C(=O)O)cc3C(N)=O)c2C#N)o1. The van der Waals surface area contributed by atoms with Gasteiger partial charge >= 0.3 is 11.9 Å². The molecular weight excluding hydrogens is 550 g/mol. The number of hydrogen-bond donors (Lipinski definition) is 2. The minimum atomic E-state index is -1.20. The molecular formula is C28H25N5O7S. The average molecular weight is 576 g/mol. The fourth-order valence-electron chi connectivity index (χ4n) is 4.29. The van der Waals surface area contributed by atoms with Crippen LogP contribution >= 0.6 is 11.3 Å². The van der Waals surface area contributed by atoms with Crippen molar-refractivity contribution in [2.45, 2.75) is 13.5 Å². The molecule has 0 unspecified atom stereocenters. The molecule has 13 heteroatoms. The predicted octanol–water partition coefficient (Wildman–Crippen LogP) is 3.95. The molecule has 0 aliphatic carbocycles. The van der Waals surface area contributed by atoms with Crippen LogP contribution in [0.25, 0.3) is 22.7 Å². The standard InChI is InChI=1S/C28H25N5O7S/c1-2-38-24-14-31-26(40-24)18-11-21(16-3-5-17(6-4-16)33-7-9-37-10-8-33)32-27(20(18)13-29)39-15-23-19(25(30)34)12-22(41-23)28(35)36/h3-6,11-12,14H,2,7-10,15H2,1H3,(H2,30,34)(H,35,36). The molecule has 5 rings (SSSR count). The van der Waals surface area contributed by atoms with Crippen molar-refractivity contribution in [1.82, 2.24) is 9.97 Å². The number of morpholine rings is 1. The summed E-state index contributed by atoms with van der Waals surface area (Å²) in [5.41, 5.74) is 8.11. The van der Waals surface area contributed by atoms with E-state index in [0.29, 0.717) is 31.1 Å². The Bertz CT molecular complexity index is 1620. The lowest BCUT2D eigenvalue weighted by molar-refractivity contribution is 0.0702. The van der Waals surface area contributed by atoms with Gasteiger partial charge in [-0.05, 0) is 31.2 Å². The zero-order valence-electron chi connectivity index (χ0n) is 22.0. The highest BCUT2D eigenvalue weighted by molar-refractivity contribution is 7.14. The highest BCUT2D eigenvalue weighted by atomic mass is 32.1. The molecule has 1 aromatic carbocycles. The minimum absolute atomic E-state index is 0.0232. The average Bonchev–Trinajstić information content (AvgIpc) is 3.64. The summed E-state index contributed by atoms with van der Waals surface area (Å²) in [7, 11) is 0. The van der Waals surface area contributed by atoms with Crippen LogP contribution in [0.5, 0.6) is 11.8 Å². The number of anilines is 1. The van der Waals surface area contributed by atoms with Crippen molar-refractivity contribution in [3.05, 3.63) is 63.5 Å². The van der Waals surface area contributed by atoms with Crippen molar-refractivity contribution < 1.29 is 33.3 Å². The summed E-state index contributed by atoms with van der Waals surface area (Å²) in [4.78, 5) is 34.7. The van der Waals surface area contributed by atoms with Crippen LogP contribution in [0.4, 0.5) is 5.69 Å². The molecule has 41 heavy (non-hydrogen) atoms. The number of nitrogens with zero attached hydrogens (tertiary/aromatic N) is 4. The van der Waals surface area contributed by atoms with Gasteiger partial charge in [-0.2, -0.15) is 5.26 Å². The molecule has 4 aromatic rings. The molecule has 4 heterocycles. The quantitative estimate of drug-likeness (QED) is 0.280. The van der Waals surface area contributed by atoms with Crippen molar-refractivity contribution in [2.24, 2.45) is 5.73 Å². The molecule has 1 amide bonds. The maximum Gasteiger partial charge on any atom is 0.345 e. The molecule has 1 saturated heterocycles. The zero-order chi connectivity index (χ0) is 28.9. The molecule has 3 aromatic heterocycles. The first-order valence-corrected chi connectivity index (χ1v) is 13.5. The number of carbonyl (C=O) groups is 2. The summed E-state index contributed by atoms with van der Waals surface area (Å²) in [5.74, 6) is -1.72. The van der Waals surface area contributed by atoms with Crippen LogP contribution in [0.15, 0.2) is 47.0 Å². The van der Waals surface area contributed by atoms with Crippen LogP contribution in [0.3, 0.4) is 0 Å². The number of nitrogens with two attached hydrogens (primary N) is 1. The van der Waals surface area contributed by atoms with Gasteiger partial charge in [-0.3, -0.25) is 4.79 Å². The van der Waals surface area contributed by atoms with E-state index in [4.69, 9.17) is 24.4 Å². The molecule has 1 aliphatic heterocycles. The Labute approximate surface area is 238 Å². The highest BCUT2D eigenvalue weighted by Crippen LogP contribution is 2.36. The molecule has 0 atom stereocenters. The number of benzene rings is 1. The maximum atomic E-state index is 11.9. The van der Waals surface area contributed by atoms with Gasteiger partial charge in [-0.15, -0.1) is 11.3 Å². The lowest BCUT2D eigenvalue weighted by atomic mass is 10.0. The summed E-state index contributed by atoms with van der Waals surface area (Å²) < 4.78 is 22.5. The number of aromatic nitrogens is 2. The molecule has 1 fully saturated rings. The number of carbonyl (C=O) groups excluding carboxylic acids is 1. The van der Waals surface area contributed by atoms with Gasteiger partial charge in [0.15, 0.2) is 0 Å². The highest BCUT2D eigenvalue weighted by Gasteiger charge is 2.23. The number of primary amides is 1. The van der Waals surface area contributed by atoms with E-state index in [9.17, 15) is 20.0 Å². The third-order valence-electron chi connectivity index (χ3n) is 6.26. The molecule has 0 saturated carbocycles. The Hall–Kier alpha value is -4.93. The van der Waals surface area contributed by atoms with E-state index in [-0.39, 0.29) is 45.2 Å². The Kier molecular flexibility index (Phi) is 8.14. The number of pyridine rings is 1. The molecule has 0 spiro atoms. The fourth-order valence-corrected chi connectivity index (χ4v) is 5.21. The van der Waals surface area contributed by atoms with Crippen LogP contribution in [-0.2, 0) is 11.3 Å². The van der Waals surface area contributed by atoms with E-state index in [1.54, 1.807) is 13.0 Å². The number of amides is 1. The van der Waals surface area contributed by atoms with Gasteiger partial charge in [-0.1, -0.05) is 12.1 Å². The summed E-state index contributed by atoms with van der Waals surface area (Å²) in [6, 6.07) is 12.8. The number of thiophene rings is 1. The number of ether oxygens (including phenoxy) is 3. The Balaban J connectivity index is 1.54. The first-order valence-electron chi connectivity index (χ1n) is 12.6. The summed E-state index contributed by atoms with van der Waals surface area (Å²) >= 11 is 0.857. The molecule has 0 bridgehead atoms. The van der Waals surface area contributed by atoms with E-state index >= 15 is 0 Å². The van der Waals surface area contributed by atoms with Gasteiger partial charge < -0.3 is 34.4 Å². The largest absolute Gasteiger partial charge is 0.477 e. The van der Waals surface area contributed by atoms with Crippen LogP contribution < -0.4 is 20.1 Å². The summed E-state index contributed by atoms with van der Waals surface area (Å²) in [5, 5.41) is 19.5. The third kappa shape index (κ3) is 5.98. The fraction of sp³-hybridized carbons (Fsp3) is 0.250. The van der Waals surface area contributed by atoms with Crippen LogP contribution in [0.1, 0.15) is 37.4 Å². The first kappa shape index (κ1) is 27.6. The van der Waals surface area contributed by atoms with E-state index in [2.05, 4.69) is 20.9 Å². The van der Waals surface area contributed by atoms with E-state index in [0.717, 1.165) is 35.7 Å². The van der Waals surface area contributed by atoms with Crippen molar-refractivity contribution in [1.29, 1.82) is 5.26 Å². The van der Waals surface area contributed by atoms with E-state index in [1.807, 2.05) is 24.3 Å². The number of oxazole rings is 1. The first-order chi connectivity index (χ1) is 19.9. The second kappa shape index (κ2) is 12.1. The van der Waals surface area contributed by atoms with Crippen molar-refractivity contribution in [3.8, 4) is 40.6 Å². The van der Waals surface area contributed by atoms with Crippen LogP contribution in [-0.4, -0.2) is 59.9 Å². The summed E-state index contributed by atoms with van der Waals surface area (Å²) in [6.45, 7) is 4.85. The molecule has 12 nitrogen and oxygen atoms in total. The van der Waals surface area contributed by atoms with Gasteiger partial charge in [0.05, 0.1) is 41.5 Å². The second-order valence-corrected chi connectivity index (χ2v) is 9.95. The van der Waals surface area contributed by atoms with Gasteiger partial charge in [0.2, 0.25) is 17.7 Å². The topological polar surface area (TPSA) is 174 Å². The maximum absolute atomic E-state index is 11.9. The lowest BCUT2D eigenvalue weighted by Gasteiger charge is -2.28. The monoisotopic (exact) mass is 575 g/mol. The van der Waals surface area contributed by atoms with Crippen molar-refractivity contribution in [2.75, 3.05) is 37.8 Å². The van der Waals surface area contributed by atoms with E-state index < -0.39 is 11.9 Å². The van der Waals surface area contributed by atoms with Crippen molar-refractivity contribution in [3.63, 3.8) is 0 Å². The Morgan fingerprint density at radius 1 is 1.20 bits per heavy atom. The predicted molar refractivity (Wildman–Crippen MR) is 148 cm³/mol. The minimum Gasteiger partial charge on any atom is -0.477 e. The van der Waals surface area contributed by atoms with Gasteiger partial charge in [0.25, 0.3) is 0 Å². The smallest absolute Gasteiger partial charge is 0.345 e. The van der Waals surface area contributed by atoms with Crippen LogP contribution in [0.2, 0.25) is 0 Å². The Morgan fingerprint density at radius 2 is 1.95 bits per heavy atom. The molecule has 3 N–H and O–H groups in total.